The monoisotopic (exact) mass is 631 g/mol. The van der Waals surface area contributed by atoms with Gasteiger partial charge in [-0.15, -0.1) is 0 Å². The van der Waals surface area contributed by atoms with Gasteiger partial charge in [-0.1, -0.05) is 11.6 Å². The average Bonchev–Trinajstić information content (AvgIpc) is 3.30. The second-order valence-corrected chi connectivity index (χ2v) is 11.9. The third-order valence-corrected chi connectivity index (χ3v) is 9.25. The molecular formula is C30H33ClF3N7O3. The van der Waals surface area contributed by atoms with E-state index in [4.69, 9.17) is 21.3 Å². The lowest BCUT2D eigenvalue weighted by molar-refractivity contribution is -0.145. The molecule has 1 saturated carbocycles. The first-order chi connectivity index (χ1) is 21.1. The molecule has 3 aromatic rings. The molecule has 2 aliphatic heterocycles. The number of hydrogen-bond donors (Lipinski definition) is 2. The zero-order valence-corrected chi connectivity index (χ0v) is 24.9. The van der Waals surface area contributed by atoms with Gasteiger partial charge in [-0.05, 0) is 43.0 Å². The number of carbonyl (C=O) groups excluding carboxylic acids is 2. The van der Waals surface area contributed by atoms with Crippen LogP contribution in [0, 0.1) is 11.8 Å². The maximum Gasteiger partial charge on any atom is 0.451 e. The molecule has 10 nitrogen and oxygen atoms in total. The number of hydrogen-bond acceptors (Lipinski definition) is 8. The molecule has 0 bridgehead atoms. The molecular weight excluding hydrogens is 599 g/mol. The van der Waals surface area contributed by atoms with Crippen LogP contribution in [0.2, 0.25) is 5.02 Å². The summed E-state index contributed by atoms with van der Waals surface area (Å²) in [6.07, 6.45) is -0.234. The molecule has 2 unspecified atom stereocenters. The third-order valence-electron chi connectivity index (χ3n) is 8.93. The van der Waals surface area contributed by atoms with E-state index in [-0.39, 0.29) is 23.0 Å². The minimum absolute atomic E-state index is 0.00968. The van der Waals surface area contributed by atoms with Gasteiger partial charge in [-0.3, -0.25) is 14.5 Å². The number of halogens is 4. The van der Waals surface area contributed by atoms with E-state index in [1.54, 1.807) is 12.1 Å². The standard InChI is InChI=1S/C30H33ClF3N7O3/c1-17(42)35-12-18-2-6-24-21(18)16-41(24)26-7-3-20-23(39-26)5-4-22(31)27(20)28(43)36-15-25(40-8-10-44-11-9-40)19-13-37-29(38-14-19)30(32,33)34/h3-5,7,13-14,18,21,24-25H,2,6,8-12,15-16H2,1H3,(H,35,42)(H,36,43)/t18-,21?,24+,25?/m1/s1. The number of pyridine rings is 1. The summed E-state index contributed by atoms with van der Waals surface area (Å²) in [7, 11) is 0. The van der Waals surface area contributed by atoms with Gasteiger partial charge in [-0.25, -0.2) is 15.0 Å². The molecule has 234 valence electrons. The van der Waals surface area contributed by atoms with Crippen molar-refractivity contribution in [2.24, 2.45) is 11.8 Å². The molecule has 2 saturated heterocycles. The lowest BCUT2D eigenvalue weighted by atomic mass is 9.85. The van der Waals surface area contributed by atoms with Crippen molar-refractivity contribution < 1.29 is 27.5 Å². The maximum absolute atomic E-state index is 13.6. The van der Waals surface area contributed by atoms with Gasteiger partial charge in [0.25, 0.3) is 5.91 Å². The summed E-state index contributed by atoms with van der Waals surface area (Å²) in [5, 5.41) is 6.76. The van der Waals surface area contributed by atoms with E-state index in [1.807, 2.05) is 17.0 Å². The average molecular weight is 632 g/mol. The van der Waals surface area contributed by atoms with Crippen LogP contribution >= 0.6 is 11.6 Å². The van der Waals surface area contributed by atoms with Crippen LogP contribution in [0.4, 0.5) is 19.0 Å². The minimum Gasteiger partial charge on any atom is -0.379 e. The van der Waals surface area contributed by atoms with Crippen molar-refractivity contribution >= 4 is 40.1 Å². The van der Waals surface area contributed by atoms with Crippen LogP contribution in [-0.4, -0.2) is 83.6 Å². The van der Waals surface area contributed by atoms with Crippen LogP contribution in [-0.2, 0) is 15.7 Å². The topological polar surface area (TPSA) is 113 Å². The van der Waals surface area contributed by atoms with E-state index in [9.17, 15) is 22.8 Å². The first kappa shape index (κ1) is 30.5. The Morgan fingerprint density at radius 3 is 2.55 bits per heavy atom. The van der Waals surface area contributed by atoms with Crippen molar-refractivity contribution in [3.8, 4) is 0 Å². The molecule has 4 heterocycles. The van der Waals surface area contributed by atoms with E-state index in [1.165, 1.54) is 6.92 Å². The number of amides is 2. The number of rotatable bonds is 8. The number of fused-ring (bicyclic) bond motifs is 2. The van der Waals surface area contributed by atoms with Crippen molar-refractivity contribution in [3.63, 3.8) is 0 Å². The van der Waals surface area contributed by atoms with Gasteiger partial charge in [-0.2, -0.15) is 13.2 Å². The van der Waals surface area contributed by atoms with Crippen LogP contribution < -0.4 is 15.5 Å². The van der Waals surface area contributed by atoms with Crippen LogP contribution in [0.25, 0.3) is 10.9 Å². The summed E-state index contributed by atoms with van der Waals surface area (Å²) in [6.45, 7) is 5.20. The summed E-state index contributed by atoms with van der Waals surface area (Å²) in [6, 6.07) is 7.11. The largest absolute Gasteiger partial charge is 0.451 e. The number of ether oxygens (including phenoxy) is 1. The number of anilines is 1. The molecule has 4 atom stereocenters. The van der Waals surface area contributed by atoms with E-state index >= 15 is 0 Å². The lowest BCUT2D eigenvalue weighted by Gasteiger charge is -2.47. The summed E-state index contributed by atoms with van der Waals surface area (Å²) < 4.78 is 44.6. The van der Waals surface area contributed by atoms with Crippen LogP contribution in [0.3, 0.4) is 0 Å². The summed E-state index contributed by atoms with van der Waals surface area (Å²) >= 11 is 6.54. The number of carbonyl (C=O) groups is 2. The predicted octanol–water partition coefficient (Wildman–Crippen LogP) is 3.85. The normalized spacial score (nSPS) is 22.8. The maximum atomic E-state index is 13.6. The molecule has 2 amide bonds. The minimum atomic E-state index is -4.65. The van der Waals surface area contributed by atoms with Crippen molar-refractivity contribution in [1.29, 1.82) is 0 Å². The zero-order chi connectivity index (χ0) is 31.0. The quantitative estimate of drug-likeness (QED) is 0.386. The van der Waals surface area contributed by atoms with Gasteiger partial charge in [0.2, 0.25) is 11.7 Å². The zero-order valence-electron chi connectivity index (χ0n) is 24.1. The molecule has 14 heteroatoms. The molecule has 1 aromatic carbocycles. The summed E-state index contributed by atoms with van der Waals surface area (Å²) in [4.78, 5) is 41.2. The number of alkyl halides is 3. The van der Waals surface area contributed by atoms with Gasteiger partial charge < -0.3 is 20.3 Å². The number of aromatic nitrogens is 3. The Morgan fingerprint density at radius 1 is 1.09 bits per heavy atom. The predicted molar refractivity (Wildman–Crippen MR) is 157 cm³/mol. The molecule has 44 heavy (non-hydrogen) atoms. The number of morpholine rings is 1. The van der Waals surface area contributed by atoms with E-state index in [0.29, 0.717) is 67.2 Å². The van der Waals surface area contributed by atoms with Gasteiger partial charge in [0.05, 0.1) is 35.4 Å². The molecule has 3 fully saturated rings. The van der Waals surface area contributed by atoms with Crippen molar-refractivity contribution in [3.05, 3.63) is 58.6 Å². The summed E-state index contributed by atoms with van der Waals surface area (Å²) in [5.41, 5.74) is 1.37. The highest BCUT2D eigenvalue weighted by molar-refractivity contribution is 6.35. The Bertz CT molecular complexity index is 1530. The summed E-state index contributed by atoms with van der Waals surface area (Å²) in [5.74, 6) is 0.172. The Hall–Kier alpha value is -3.55. The Kier molecular flexibility index (Phi) is 8.62. The molecule has 0 radical (unpaired) electrons. The Balaban J connectivity index is 1.18. The van der Waals surface area contributed by atoms with E-state index < -0.39 is 23.9 Å². The fraction of sp³-hybridized carbons (Fsp3) is 0.500. The van der Waals surface area contributed by atoms with Crippen molar-refractivity contribution in [1.82, 2.24) is 30.5 Å². The first-order valence-corrected chi connectivity index (χ1v) is 15.1. The van der Waals surface area contributed by atoms with Gasteiger partial charge >= 0.3 is 6.18 Å². The Morgan fingerprint density at radius 2 is 1.84 bits per heavy atom. The van der Waals surface area contributed by atoms with Gasteiger partial charge in [0, 0.05) is 75.0 Å². The van der Waals surface area contributed by atoms with Crippen LogP contribution in [0.15, 0.2) is 36.7 Å². The van der Waals surface area contributed by atoms with E-state index in [0.717, 1.165) is 37.6 Å². The van der Waals surface area contributed by atoms with Gasteiger partial charge in [0.15, 0.2) is 0 Å². The molecule has 2 aromatic heterocycles. The third kappa shape index (κ3) is 6.18. The fourth-order valence-electron chi connectivity index (χ4n) is 6.64. The number of nitrogens with zero attached hydrogens (tertiary/aromatic N) is 5. The van der Waals surface area contributed by atoms with Crippen molar-refractivity contribution in [2.75, 3.05) is 50.8 Å². The number of benzene rings is 1. The molecule has 6 rings (SSSR count). The first-order valence-electron chi connectivity index (χ1n) is 14.7. The highest BCUT2D eigenvalue weighted by atomic mass is 35.5. The second-order valence-electron chi connectivity index (χ2n) is 11.5. The highest BCUT2D eigenvalue weighted by Gasteiger charge is 2.48. The van der Waals surface area contributed by atoms with E-state index in [2.05, 4.69) is 25.5 Å². The second kappa shape index (κ2) is 12.4. The van der Waals surface area contributed by atoms with Crippen LogP contribution in [0.5, 0.6) is 0 Å². The molecule has 2 N–H and O–H groups in total. The molecule has 1 aliphatic carbocycles. The lowest BCUT2D eigenvalue weighted by Crippen LogP contribution is -2.56. The highest BCUT2D eigenvalue weighted by Crippen LogP contribution is 2.45. The van der Waals surface area contributed by atoms with Crippen molar-refractivity contribution in [2.45, 2.75) is 38.0 Å². The van der Waals surface area contributed by atoms with Gasteiger partial charge in [0.1, 0.15) is 5.82 Å². The number of nitrogens with one attached hydrogen (secondary N) is 2. The molecule has 3 aliphatic rings. The smallest absolute Gasteiger partial charge is 0.379 e. The fourth-order valence-corrected chi connectivity index (χ4v) is 6.89. The SMILES string of the molecule is CC(=O)NC[C@H]1CC[C@H]2C1CN2c1ccc2c(C(=O)NCC(c3cnc(C(F)(F)F)nc3)N3CCOCC3)c(Cl)ccc2n1. The molecule has 0 spiro atoms. The van der Waals surface area contributed by atoms with Crippen LogP contribution in [0.1, 0.15) is 47.6 Å². The Labute approximate surface area is 257 Å².